The third-order valence-electron chi connectivity index (χ3n) is 4.04. The van der Waals surface area contributed by atoms with E-state index < -0.39 is 17.8 Å². The van der Waals surface area contributed by atoms with E-state index in [4.69, 9.17) is 4.74 Å². The van der Waals surface area contributed by atoms with Crippen molar-refractivity contribution in [2.75, 3.05) is 19.8 Å². The van der Waals surface area contributed by atoms with Crippen LogP contribution in [0.3, 0.4) is 0 Å². The highest BCUT2D eigenvalue weighted by Crippen LogP contribution is 2.48. The molecule has 0 aliphatic heterocycles. The summed E-state index contributed by atoms with van der Waals surface area (Å²) < 4.78 is 5.40. The molecule has 1 amide bonds. The zero-order valence-electron chi connectivity index (χ0n) is 12.0. The number of fused-ring (bicyclic) bond motifs is 2. The van der Waals surface area contributed by atoms with Gasteiger partial charge in [-0.05, 0) is 24.2 Å². The zero-order valence-corrected chi connectivity index (χ0v) is 12.0. The number of carboxylic acids is 1. The van der Waals surface area contributed by atoms with Crippen LogP contribution >= 0.6 is 0 Å². The number of rotatable bonds is 7. The van der Waals surface area contributed by atoms with Crippen molar-refractivity contribution in [2.24, 2.45) is 29.6 Å². The largest absolute Gasteiger partial charge is 0.481 e. The Kier molecular flexibility index (Phi) is 4.81. The number of amides is 1. The van der Waals surface area contributed by atoms with Crippen LogP contribution in [-0.4, -0.2) is 36.7 Å². The lowest BCUT2D eigenvalue weighted by Crippen LogP contribution is -2.41. The van der Waals surface area contributed by atoms with Crippen LogP contribution in [0.2, 0.25) is 0 Å². The molecule has 2 rings (SSSR count). The molecule has 2 N–H and O–H groups in total. The molecular formula is C15H23NO4. The van der Waals surface area contributed by atoms with Crippen molar-refractivity contribution in [3.05, 3.63) is 12.2 Å². The van der Waals surface area contributed by atoms with E-state index in [1.165, 1.54) is 0 Å². The number of nitrogens with one attached hydrogen (secondary N) is 1. The Morgan fingerprint density at radius 2 is 1.95 bits per heavy atom. The van der Waals surface area contributed by atoms with E-state index >= 15 is 0 Å². The molecule has 0 radical (unpaired) electrons. The molecule has 5 nitrogen and oxygen atoms in total. The molecule has 0 saturated heterocycles. The molecule has 112 valence electrons. The van der Waals surface area contributed by atoms with E-state index in [0.29, 0.717) is 25.7 Å². The number of aliphatic carboxylic acids is 1. The Labute approximate surface area is 119 Å². The van der Waals surface area contributed by atoms with Crippen LogP contribution in [0.25, 0.3) is 0 Å². The topological polar surface area (TPSA) is 75.6 Å². The van der Waals surface area contributed by atoms with Gasteiger partial charge in [-0.3, -0.25) is 9.59 Å². The van der Waals surface area contributed by atoms with Crippen LogP contribution in [0, 0.1) is 29.6 Å². The Morgan fingerprint density at radius 3 is 2.55 bits per heavy atom. The van der Waals surface area contributed by atoms with Gasteiger partial charge < -0.3 is 15.2 Å². The van der Waals surface area contributed by atoms with Gasteiger partial charge >= 0.3 is 5.97 Å². The van der Waals surface area contributed by atoms with Crippen molar-refractivity contribution < 1.29 is 19.4 Å². The van der Waals surface area contributed by atoms with Gasteiger partial charge in [-0.2, -0.15) is 0 Å². The molecular weight excluding hydrogens is 258 g/mol. The molecule has 5 heteroatoms. The van der Waals surface area contributed by atoms with Crippen LogP contribution in [0.15, 0.2) is 12.2 Å². The number of ether oxygens (including phenoxy) is 1. The maximum Gasteiger partial charge on any atom is 0.307 e. The molecule has 2 bridgehead atoms. The van der Waals surface area contributed by atoms with Gasteiger partial charge in [0, 0.05) is 13.2 Å². The third kappa shape index (κ3) is 3.20. The van der Waals surface area contributed by atoms with Crippen LogP contribution in [0.1, 0.15) is 20.3 Å². The van der Waals surface area contributed by atoms with Gasteiger partial charge in [0.15, 0.2) is 0 Å². The van der Waals surface area contributed by atoms with Crippen molar-refractivity contribution >= 4 is 11.9 Å². The highest BCUT2D eigenvalue weighted by Gasteiger charge is 2.51. The first kappa shape index (κ1) is 15.0. The average Bonchev–Trinajstić information content (AvgIpc) is 2.97. The summed E-state index contributed by atoms with van der Waals surface area (Å²) in [7, 11) is 0. The highest BCUT2D eigenvalue weighted by molar-refractivity contribution is 5.86. The van der Waals surface area contributed by atoms with E-state index in [-0.39, 0.29) is 17.7 Å². The lowest BCUT2D eigenvalue weighted by Gasteiger charge is -2.23. The maximum atomic E-state index is 12.2. The van der Waals surface area contributed by atoms with E-state index in [0.717, 1.165) is 6.42 Å². The minimum Gasteiger partial charge on any atom is -0.481 e. The Morgan fingerprint density at radius 1 is 1.30 bits per heavy atom. The minimum absolute atomic E-state index is 0.0189. The van der Waals surface area contributed by atoms with E-state index in [1.54, 1.807) is 0 Å². The molecule has 2 aliphatic carbocycles. The average molecular weight is 281 g/mol. The molecule has 4 atom stereocenters. The normalized spacial score (nSPS) is 30.9. The predicted octanol–water partition coefficient (Wildman–Crippen LogP) is 1.30. The summed E-state index contributed by atoms with van der Waals surface area (Å²) in [6.07, 6.45) is 4.72. The van der Waals surface area contributed by atoms with Crippen molar-refractivity contribution in [3.63, 3.8) is 0 Å². The molecule has 1 fully saturated rings. The standard InChI is InChI=1S/C15H23NO4/c1-9(2)8-20-6-5-16-14(17)12-10-3-4-11(7-10)13(12)15(18)19/h3-4,9-13H,5-8H2,1-2H3,(H,16,17)(H,18,19)/t10?,11?,12-,13+/m0/s1. The monoisotopic (exact) mass is 281 g/mol. The van der Waals surface area contributed by atoms with Crippen LogP contribution in [0.4, 0.5) is 0 Å². The SMILES string of the molecule is CC(C)COCCNC(=O)[C@H]1C2C=CC(C2)[C@H]1C(=O)O. The fourth-order valence-corrected chi connectivity index (χ4v) is 3.20. The van der Waals surface area contributed by atoms with Crippen molar-refractivity contribution in [1.82, 2.24) is 5.32 Å². The molecule has 2 aliphatic rings. The van der Waals surface area contributed by atoms with Gasteiger partial charge in [0.2, 0.25) is 5.91 Å². The van der Waals surface area contributed by atoms with Gasteiger partial charge in [0.05, 0.1) is 18.4 Å². The van der Waals surface area contributed by atoms with Gasteiger partial charge in [0.1, 0.15) is 0 Å². The van der Waals surface area contributed by atoms with Crippen LogP contribution < -0.4 is 5.32 Å². The van der Waals surface area contributed by atoms with Crippen molar-refractivity contribution in [2.45, 2.75) is 20.3 Å². The minimum atomic E-state index is -0.863. The van der Waals surface area contributed by atoms with Crippen LogP contribution in [-0.2, 0) is 14.3 Å². The number of carbonyl (C=O) groups excluding carboxylic acids is 1. The quantitative estimate of drug-likeness (QED) is 0.545. The number of hydrogen-bond acceptors (Lipinski definition) is 3. The Balaban J connectivity index is 1.80. The second-order valence-electron chi connectivity index (χ2n) is 6.10. The number of hydrogen-bond donors (Lipinski definition) is 2. The van der Waals surface area contributed by atoms with Gasteiger partial charge in [-0.1, -0.05) is 26.0 Å². The smallest absolute Gasteiger partial charge is 0.307 e. The molecule has 0 spiro atoms. The first-order chi connectivity index (χ1) is 9.50. The van der Waals surface area contributed by atoms with E-state index in [9.17, 15) is 14.7 Å². The number of allylic oxidation sites excluding steroid dienone is 2. The third-order valence-corrected chi connectivity index (χ3v) is 4.04. The van der Waals surface area contributed by atoms with Gasteiger partial charge in [-0.25, -0.2) is 0 Å². The highest BCUT2D eigenvalue weighted by atomic mass is 16.5. The summed E-state index contributed by atoms with van der Waals surface area (Å²) >= 11 is 0. The second-order valence-corrected chi connectivity index (χ2v) is 6.10. The molecule has 20 heavy (non-hydrogen) atoms. The van der Waals surface area contributed by atoms with Gasteiger partial charge in [-0.15, -0.1) is 0 Å². The molecule has 1 saturated carbocycles. The maximum absolute atomic E-state index is 12.2. The summed E-state index contributed by atoms with van der Waals surface area (Å²) in [5, 5.41) is 12.1. The summed E-state index contributed by atoms with van der Waals surface area (Å²) in [5.41, 5.74) is 0. The second kappa shape index (κ2) is 6.39. The first-order valence-corrected chi connectivity index (χ1v) is 7.27. The van der Waals surface area contributed by atoms with Gasteiger partial charge in [0.25, 0.3) is 0 Å². The number of carbonyl (C=O) groups is 2. The number of carboxylic acid groups (broad SMARTS) is 1. The summed E-state index contributed by atoms with van der Waals surface area (Å²) in [5.74, 6) is -1.43. The summed E-state index contributed by atoms with van der Waals surface area (Å²) in [6.45, 7) is 5.72. The predicted molar refractivity (Wildman–Crippen MR) is 74.0 cm³/mol. The van der Waals surface area contributed by atoms with Crippen molar-refractivity contribution in [3.8, 4) is 0 Å². The first-order valence-electron chi connectivity index (χ1n) is 7.27. The van der Waals surface area contributed by atoms with E-state index in [1.807, 2.05) is 12.2 Å². The van der Waals surface area contributed by atoms with Crippen LogP contribution in [0.5, 0.6) is 0 Å². The molecule has 0 aromatic heterocycles. The molecule has 0 heterocycles. The molecule has 0 aromatic rings. The fraction of sp³-hybridized carbons (Fsp3) is 0.733. The molecule has 2 unspecified atom stereocenters. The lowest BCUT2D eigenvalue weighted by atomic mass is 9.82. The Bertz CT molecular complexity index is 405. The summed E-state index contributed by atoms with van der Waals surface area (Å²) in [4.78, 5) is 23.5. The molecule has 0 aromatic carbocycles. The zero-order chi connectivity index (χ0) is 14.7. The summed E-state index contributed by atoms with van der Waals surface area (Å²) in [6, 6.07) is 0. The van der Waals surface area contributed by atoms with E-state index in [2.05, 4.69) is 19.2 Å². The van der Waals surface area contributed by atoms with Crippen molar-refractivity contribution in [1.29, 1.82) is 0 Å². The Hall–Kier alpha value is -1.36. The lowest BCUT2D eigenvalue weighted by molar-refractivity contribution is -0.147. The fourth-order valence-electron chi connectivity index (χ4n) is 3.20.